The summed E-state index contributed by atoms with van der Waals surface area (Å²) < 4.78 is 6.34. The molecule has 0 saturated carbocycles. The second-order valence-electron chi connectivity index (χ2n) is 3.32. The van der Waals surface area contributed by atoms with Crippen LogP contribution in [0.25, 0.3) is 5.82 Å². The number of nitrogens with zero attached hydrogens (tertiary/aromatic N) is 4. The van der Waals surface area contributed by atoms with E-state index >= 15 is 0 Å². The molecular formula is C10H11N5O3. The quantitative estimate of drug-likeness (QED) is 0.802. The number of aromatic carboxylic acids is 1. The molecular weight excluding hydrogens is 238 g/mol. The van der Waals surface area contributed by atoms with Gasteiger partial charge in [0.2, 0.25) is 5.88 Å². The van der Waals surface area contributed by atoms with Gasteiger partial charge in [-0.1, -0.05) is 0 Å². The number of carboxylic acid groups (broad SMARTS) is 1. The molecule has 0 aromatic carbocycles. The third kappa shape index (κ3) is 2.08. The predicted molar refractivity (Wildman–Crippen MR) is 61.7 cm³/mol. The van der Waals surface area contributed by atoms with Gasteiger partial charge < -0.3 is 15.6 Å². The van der Waals surface area contributed by atoms with Crippen LogP contribution in [0.15, 0.2) is 18.3 Å². The van der Waals surface area contributed by atoms with Crippen LogP contribution in [-0.4, -0.2) is 37.7 Å². The van der Waals surface area contributed by atoms with Crippen LogP contribution in [0, 0.1) is 0 Å². The summed E-state index contributed by atoms with van der Waals surface area (Å²) in [6.45, 7) is 2.32. The van der Waals surface area contributed by atoms with Crippen molar-refractivity contribution in [3.05, 3.63) is 23.9 Å². The van der Waals surface area contributed by atoms with Crippen molar-refractivity contribution >= 4 is 11.8 Å². The van der Waals surface area contributed by atoms with Gasteiger partial charge >= 0.3 is 5.97 Å². The lowest BCUT2D eigenvalue weighted by Gasteiger charge is -2.04. The third-order valence-corrected chi connectivity index (χ3v) is 2.17. The molecule has 0 saturated heterocycles. The first-order chi connectivity index (χ1) is 8.63. The SMILES string of the molecule is CCOc1ccc(-n2ncc(C(=O)O)c2N)nn1. The highest BCUT2D eigenvalue weighted by atomic mass is 16.5. The molecule has 0 atom stereocenters. The van der Waals surface area contributed by atoms with Gasteiger partial charge in [0.05, 0.1) is 12.8 Å². The van der Waals surface area contributed by atoms with E-state index in [1.54, 1.807) is 12.1 Å². The van der Waals surface area contributed by atoms with Gasteiger partial charge in [0.15, 0.2) is 5.82 Å². The minimum Gasteiger partial charge on any atom is -0.477 e. The molecule has 0 unspecified atom stereocenters. The van der Waals surface area contributed by atoms with Gasteiger partial charge in [-0.05, 0) is 13.0 Å². The number of anilines is 1. The van der Waals surface area contributed by atoms with Crippen LogP contribution in [0.5, 0.6) is 5.88 Å². The summed E-state index contributed by atoms with van der Waals surface area (Å²) in [4.78, 5) is 10.8. The van der Waals surface area contributed by atoms with Crippen molar-refractivity contribution in [1.29, 1.82) is 0 Å². The minimum atomic E-state index is -1.14. The zero-order valence-electron chi connectivity index (χ0n) is 9.57. The summed E-state index contributed by atoms with van der Waals surface area (Å²) in [7, 11) is 0. The van der Waals surface area contributed by atoms with Crippen molar-refractivity contribution in [3.63, 3.8) is 0 Å². The summed E-state index contributed by atoms with van der Waals surface area (Å²) in [6, 6.07) is 3.19. The fraction of sp³-hybridized carbons (Fsp3) is 0.200. The number of hydrogen-bond donors (Lipinski definition) is 2. The van der Waals surface area contributed by atoms with Crippen molar-refractivity contribution in [1.82, 2.24) is 20.0 Å². The maximum Gasteiger partial charge on any atom is 0.341 e. The summed E-state index contributed by atoms with van der Waals surface area (Å²) in [5, 5.41) is 20.4. The average molecular weight is 249 g/mol. The Morgan fingerprint density at radius 3 is 2.78 bits per heavy atom. The van der Waals surface area contributed by atoms with Crippen LogP contribution < -0.4 is 10.5 Å². The maximum atomic E-state index is 10.8. The number of rotatable bonds is 4. The predicted octanol–water partition coefficient (Wildman–Crippen LogP) is 0.341. The molecule has 0 spiro atoms. The smallest absolute Gasteiger partial charge is 0.341 e. The van der Waals surface area contributed by atoms with E-state index in [0.29, 0.717) is 18.3 Å². The van der Waals surface area contributed by atoms with Crippen LogP contribution in [0.4, 0.5) is 5.82 Å². The molecule has 0 amide bonds. The van der Waals surface area contributed by atoms with Crippen molar-refractivity contribution in [2.24, 2.45) is 0 Å². The van der Waals surface area contributed by atoms with E-state index in [4.69, 9.17) is 15.6 Å². The van der Waals surface area contributed by atoms with Gasteiger partial charge in [0.1, 0.15) is 11.4 Å². The summed E-state index contributed by atoms with van der Waals surface area (Å²) in [6.07, 6.45) is 1.16. The van der Waals surface area contributed by atoms with E-state index in [9.17, 15) is 4.79 Å². The zero-order valence-corrected chi connectivity index (χ0v) is 9.57. The number of carboxylic acids is 1. The first-order valence-electron chi connectivity index (χ1n) is 5.17. The molecule has 0 aliphatic rings. The first-order valence-corrected chi connectivity index (χ1v) is 5.17. The maximum absolute atomic E-state index is 10.8. The average Bonchev–Trinajstić information content (AvgIpc) is 2.73. The lowest BCUT2D eigenvalue weighted by molar-refractivity contribution is 0.0698. The molecule has 18 heavy (non-hydrogen) atoms. The second kappa shape index (κ2) is 4.70. The minimum absolute atomic E-state index is 0.000889. The highest BCUT2D eigenvalue weighted by molar-refractivity contribution is 5.92. The molecule has 0 radical (unpaired) electrons. The van der Waals surface area contributed by atoms with Gasteiger partial charge in [-0.25, -0.2) is 4.79 Å². The van der Waals surface area contributed by atoms with Gasteiger partial charge in [0.25, 0.3) is 0 Å². The Morgan fingerprint density at radius 1 is 1.50 bits per heavy atom. The Kier molecular flexibility index (Phi) is 3.09. The number of nitrogens with two attached hydrogens (primary N) is 1. The van der Waals surface area contributed by atoms with E-state index < -0.39 is 5.97 Å². The van der Waals surface area contributed by atoms with Crippen LogP contribution in [-0.2, 0) is 0 Å². The largest absolute Gasteiger partial charge is 0.477 e. The molecule has 8 heteroatoms. The topological polar surface area (TPSA) is 116 Å². The Hall–Kier alpha value is -2.64. The number of hydrogen-bond acceptors (Lipinski definition) is 6. The molecule has 94 valence electrons. The monoisotopic (exact) mass is 249 g/mol. The number of ether oxygens (including phenoxy) is 1. The van der Waals surface area contributed by atoms with Gasteiger partial charge in [-0.3, -0.25) is 0 Å². The summed E-state index contributed by atoms with van der Waals surface area (Å²) in [5.74, 6) is -0.438. The zero-order chi connectivity index (χ0) is 13.1. The van der Waals surface area contributed by atoms with E-state index in [-0.39, 0.29) is 11.4 Å². The highest BCUT2D eigenvalue weighted by Crippen LogP contribution is 2.16. The molecule has 2 aromatic rings. The van der Waals surface area contributed by atoms with Crippen LogP contribution in [0.3, 0.4) is 0 Å². The van der Waals surface area contributed by atoms with Gasteiger partial charge in [-0.15, -0.1) is 10.2 Å². The number of aromatic nitrogens is 4. The molecule has 8 nitrogen and oxygen atoms in total. The fourth-order valence-corrected chi connectivity index (χ4v) is 1.36. The van der Waals surface area contributed by atoms with Crippen molar-refractivity contribution in [2.45, 2.75) is 6.92 Å². The molecule has 2 rings (SSSR count). The van der Waals surface area contributed by atoms with E-state index in [0.717, 1.165) is 6.20 Å². The van der Waals surface area contributed by atoms with E-state index in [1.165, 1.54) is 4.68 Å². The molecule has 0 aliphatic carbocycles. The molecule has 0 bridgehead atoms. The van der Waals surface area contributed by atoms with Crippen molar-refractivity contribution < 1.29 is 14.6 Å². The van der Waals surface area contributed by atoms with Crippen LogP contribution in [0.2, 0.25) is 0 Å². The molecule has 0 aliphatic heterocycles. The van der Waals surface area contributed by atoms with Crippen molar-refractivity contribution in [3.8, 4) is 11.7 Å². The summed E-state index contributed by atoms with van der Waals surface area (Å²) >= 11 is 0. The molecule has 0 fully saturated rings. The lowest BCUT2D eigenvalue weighted by Crippen LogP contribution is -2.08. The van der Waals surface area contributed by atoms with Gasteiger partial charge in [0, 0.05) is 6.07 Å². The normalized spacial score (nSPS) is 10.3. The first kappa shape index (κ1) is 11.8. The summed E-state index contributed by atoms with van der Waals surface area (Å²) in [5.41, 5.74) is 5.58. The number of carbonyl (C=O) groups is 1. The second-order valence-corrected chi connectivity index (χ2v) is 3.32. The van der Waals surface area contributed by atoms with E-state index in [1.807, 2.05) is 6.92 Å². The fourth-order valence-electron chi connectivity index (χ4n) is 1.36. The van der Waals surface area contributed by atoms with Crippen LogP contribution in [0.1, 0.15) is 17.3 Å². The molecule has 2 aromatic heterocycles. The van der Waals surface area contributed by atoms with Gasteiger partial charge in [-0.2, -0.15) is 9.78 Å². The Balaban J connectivity index is 2.34. The Bertz CT molecular complexity index is 563. The third-order valence-electron chi connectivity index (χ3n) is 2.17. The van der Waals surface area contributed by atoms with E-state index in [2.05, 4.69) is 15.3 Å². The van der Waals surface area contributed by atoms with Crippen LogP contribution >= 0.6 is 0 Å². The van der Waals surface area contributed by atoms with Crippen molar-refractivity contribution in [2.75, 3.05) is 12.3 Å². The molecule has 3 N–H and O–H groups in total. The molecule has 2 heterocycles. The Labute approximate surface area is 102 Å². The number of nitrogen functional groups attached to an aromatic ring is 1. The standard InChI is InChI=1S/C10H11N5O3/c1-2-18-8-4-3-7(13-14-8)15-9(11)6(5-12-15)10(16)17/h3-5H,2,11H2,1H3,(H,16,17). The highest BCUT2D eigenvalue weighted by Gasteiger charge is 2.15. The Morgan fingerprint density at radius 2 is 2.28 bits per heavy atom. The lowest BCUT2D eigenvalue weighted by atomic mass is 10.3.